The number of aromatic nitrogens is 2. The van der Waals surface area contributed by atoms with Crippen molar-refractivity contribution in [2.24, 2.45) is 0 Å². The number of rotatable bonds is 4. The number of likely N-dealkylation sites (tertiary alicyclic amines) is 1. The molecule has 0 unspecified atom stereocenters. The highest BCUT2D eigenvalue weighted by atomic mass is 32.2. The van der Waals surface area contributed by atoms with Crippen LogP contribution in [0.25, 0.3) is 11.3 Å². The van der Waals surface area contributed by atoms with Crippen molar-refractivity contribution in [3.05, 3.63) is 46.8 Å². The topological polar surface area (TPSA) is 55.2 Å². The van der Waals surface area contributed by atoms with Crippen LogP contribution in [0.15, 0.2) is 46.1 Å². The Morgan fingerprint density at radius 2 is 1.83 bits per heavy atom. The van der Waals surface area contributed by atoms with Gasteiger partial charge in [0.15, 0.2) is 0 Å². The van der Waals surface area contributed by atoms with Crippen LogP contribution in [0, 0.1) is 0 Å². The van der Waals surface area contributed by atoms with Crippen LogP contribution in [-0.2, 0) is 11.3 Å². The minimum absolute atomic E-state index is 0.00949. The largest absolute Gasteiger partial charge is 0.341 e. The number of thioether (sulfide) groups is 1. The molecule has 1 aromatic heterocycles. The fourth-order valence-corrected chi connectivity index (χ4v) is 3.08. The Bertz CT molecular complexity index is 749. The smallest absolute Gasteiger partial charge is 0.267 e. The molecule has 23 heavy (non-hydrogen) atoms. The van der Waals surface area contributed by atoms with Gasteiger partial charge in [0.25, 0.3) is 5.56 Å². The van der Waals surface area contributed by atoms with Gasteiger partial charge in [-0.1, -0.05) is 12.1 Å². The summed E-state index contributed by atoms with van der Waals surface area (Å²) in [6.45, 7) is 1.57. The van der Waals surface area contributed by atoms with E-state index in [4.69, 9.17) is 0 Å². The Kier molecular flexibility index (Phi) is 4.81. The first-order chi connectivity index (χ1) is 11.2. The number of amides is 1. The highest BCUT2D eigenvalue weighted by Crippen LogP contribution is 2.20. The molecule has 0 N–H and O–H groups in total. The van der Waals surface area contributed by atoms with E-state index in [0.717, 1.165) is 31.5 Å². The molecule has 6 heteroatoms. The van der Waals surface area contributed by atoms with Crippen molar-refractivity contribution >= 4 is 17.7 Å². The Morgan fingerprint density at radius 1 is 1.13 bits per heavy atom. The average molecular weight is 329 g/mol. The third-order valence-electron chi connectivity index (χ3n) is 4.00. The Balaban J connectivity index is 1.83. The molecule has 1 saturated heterocycles. The maximum atomic E-state index is 12.2. The summed E-state index contributed by atoms with van der Waals surface area (Å²) in [5.74, 6) is -0.0352. The van der Waals surface area contributed by atoms with E-state index in [1.807, 2.05) is 30.5 Å². The van der Waals surface area contributed by atoms with Gasteiger partial charge in [-0.15, -0.1) is 11.8 Å². The number of carbonyl (C=O) groups excluding carboxylic acids is 1. The van der Waals surface area contributed by atoms with Crippen molar-refractivity contribution in [3.8, 4) is 11.3 Å². The third kappa shape index (κ3) is 3.64. The SMILES string of the molecule is CSc1ccc(-c2ccc(=O)n(CC(=O)N3CCCC3)n2)cc1. The average Bonchev–Trinajstić information content (AvgIpc) is 3.11. The van der Waals surface area contributed by atoms with Gasteiger partial charge in [-0.2, -0.15) is 5.10 Å². The van der Waals surface area contributed by atoms with Crippen LogP contribution in [0.5, 0.6) is 0 Å². The van der Waals surface area contributed by atoms with Crippen molar-refractivity contribution < 1.29 is 4.79 Å². The number of hydrogen-bond donors (Lipinski definition) is 0. The van der Waals surface area contributed by atoms with Crippen LogP contribution >= 0.6 is 11.8 Å². The Morgan fingerprint density at radius 3 is 2.48 bits per heavy atom. The number of hydrogen-bond acceptors (Lipinski definition) is 4. The highest BCUT2D eigenvalue weighted by molar-refractivity contribution is 7.98. The monoisotopic (exact) mass is 329 g/mol. The summed E-state index contributed by atoms with van der Waals surface area (Å²) in [6.07, 6.45) is 4.10. The zero-order valence-electron chi connectivity index (χ0n) is 13.1. The summed E-state index contributed by atoms with van der Waals surface area (Å²) in [7, 11) is 0. The van der Waals surface area contributed by atoms with Crippen molar-refractivity contribution in [1.82, 2.24) is 14.7 Å². The first-order valence-electron chi connectivity index (χ1n) is 7.68. The second-order valence-corrected chi connectivity index (χ2v) is 6.41. The van der Waals surface area contributed by atoms with Crippen LogP contribution in [0.2, 0.25) is 0 Å². The predicted octanol–water partition coefficient (Wildman–Crippen LogP) is 2.25. The number of carbonyl (C=O) groups is 1. The molecule has 3 rings (SSSR count). The first-order valence-corrected chi connectivity index (χ1v) is 8.90. The van der Waals surface area contributed by atoms with Gasteiger partial charge in [0.1, 0.15) is 6.54 Å². The Labute approximate surface area is 139 Å². The van der Waals surface area contributed by atoms with Crippen molar-refractivity contribution in [2.45, 2.75) is 24.3 Å². The fraction of sp³-hybridized carbons (Fsp3) is 0.353. The molecule has 0 spiro atoms. The van der Waals surface area contributed by atoms with E-state index in [1.54, 1.807) is 22.7 Å². The lowest BCUT2D eigenvalue weighted by atomic mass is 10.1. The maximum Gasteiger partial charge on any atom is 0.267 e. The molecule has 1 aromatic carbocycles. The van der Waals surface area contributed by atoms with Gasteiger partial charge in [0.2, 0.25) is 5.91 Å². The highest BCUT2D eigenvalue weighted by Gasteiger charge is 2.19. The van der Waals surface area contributed by atoms with Crippen LogP contribution in [0.3, 0.4) is 0 Å². The minimum Gasteiger partial charge on any atom is -0.341 e. The summed E-state index contributed by atoms with van der Waals surface area (Å²) in [4.78, 5) is 27.2. The first kappa shape index (κ1) is 15.8. The maximum absolute atomic E-state index is 12.2. The summed E-state index contributed by atoms with van der Waals surface area (Å²) < 4.78 is 1.26. The summed E-state index contributed by atoms with van der Waals surface area (Å²) >= 11 is 1.68. The van der Waals surface area contributed by atoms with E-state index < -0.39 is 0 Å². The minimum atomic E-state index is -0.248. The van der Waals surface area contributed by atoms with Gasteiger partial charge < -0.3 is 4.90 Å². The van der Waals surface area contributed by atoms with Gasteiger partial charge in [-0.3, -0.25) is 9.59 Å². The van der Waals surface area contributed by atoms with Crippen molar-refractivity contribution in [1.29, 1.82) is 0 Å². The lowest BCUT2D eigenvalue weighted by Crippen LogP contribution is -2.35. The molecule has 5 nitrogen and oxygen atoms in total. The van der Waals surface area contributed by atoms with E-state index >= 15 is 0 Å². The number of benzene rings is 1. The molecule has 1 aliphatic rings. The van der Waals surface area contributed by atoms with Crippen LogP contribution in [-0.4, -0.2) is 39.9 Å². The quantitative estimate of drug-likeness (QED) is 0.808. The van der Waals surface area contributed by atoms with Crippen LogP contribution in [0.4, 0.5) is 0 Å². The van der Waals surface area contributed by atoms with Crippen molar-refractivity contribution in [3.63, 3.8) is 0 Å². The summed E-state index contributed by atoms with van der Waals surface area (Å²) in [5.41, 5.74) is 1.39. The van der Waals surface area contributed by atoms with Gasteiger partial charge in [0, 0.05) is 29.6 Å². The zero-order chi connectivity index (χ0) is 16.2. The standard InChI is InChI=1S/C17H19N3O2S/c1-23-14-6-4-13(5-7-14)15-8-9-16(21)20(18-15)12-17(22)19-10-2-3-11-19/h4-9H,2-3,10-12H2,1H3. The molecule has 1 aliphatic heterocycles. The van der Waals surface area contributed by atoms with Gasteiger partial charge >= 0.3 is 0 Å². The molecule has 2 heterocycles. The molecule has 0 atom stereocenters. The normalized spacial score (nSPS) is 14.2. The molecular weight excluding hydrogens is 310 g/mol. The predicted molar refractivity (Wildman–Crippen MR) is 91.5 cm³/mol. The molecule has 0 aliphatic carbocycles. The van der Waals surface area contributed by atoms with E-state index in [2.05, 4.69) is 5.10 Å². The second kappa shape index (κ2) is 7.00. The van der Waals surface area contributed by atoms with E-state index in [1.165, 1.54) is 15.6 Å². The second-order valence-electron chi connectivity index (χ2n) is 5.53. The zero-order valence-corrected chi connectivity index (χ0v) is 13.9. The molecule has 2 aromatic rings. The molecule has 0 saturated carbocycles. The van der Waals surface area contributed by atoms with Crippen molar-refractivity contribution in [2.75, 3.05) is 19.3 Å². The lowest BCUT2D eigenvalue weighted by molar-refractivity contribution is -0.131. The van der Waals surface area contributed by atoms with Crippen LogP contribution < -0.4 is 5.56 Å². The third-order valence-corrected chi connectivity index (χ3v) is 4.74. The van der Waals surface area contributed by atoms with Gasteiger partial charge in [0.05, 0.1) is 5.69 Å². The molecule has 1 amide bonds. The summed E-state index contributed by atoms with van der Waals surface area (Å²) in [6, 6.07) is 11.2. The number of nitrogens with zero attached hydrogens (tertiary/aromatic N) is 3. The molecular formula is C17H19N3O2S. The molecule has 120 valence electrons. The van der Waals surface area contributed by atoms with E-state index in [-0.39, 0.29) is 18.0 Å². The van der Waals surface area contributed by atoms with Gasteiger partial charge in [-0.25, -0.2) is 4.68 Å². The van der Waals surface area contributed by atoms with Crippen LogP contribution in [0.1, 0.15) is 12.8 Å². The summed E-state index contributed by atoms with van der Waals surface area (Å²) in [5, 5.41) is 4.36. The van der Waals surface area contributed by atoms with E-state index in [0.29, 0.717) is 5.69 Å². The Hall–Kier alpha value is -2.08. The lowest BCUT2D eigenvalue weighted by Gasteiger charge is -2.15. The molecule has 0 bridgehead atoms. The molecule has 1 fully saturated rings. The van der Waals surface area contributed by atoms with Gasteiger partial charge in [-0.05, 0) is 37.3 Å². The fourth-order valence-electron chi connectivity index (χ4n) is 2.67. The van der Waals surface area contributed by atoms with E-state index in [9.17, 15) is 9.59 Å². The molecule has 0 radical (unpaired) electrons.